The molecule has 3 rings (SSSR count). The monoisotopic (exact) mass is 271 g/mol. The Morgan fingerprint density at radius 3 is 2.67 bits per heavy atom. The summed E-state index contributed by atoms with van der Waals surface area (Å²) >= 11 is 7.80. The minimum atomic E-state index is 0.723. The van der Waals surface area contributed by atoms with Gasteiger partial charge in [-0.3, -0.25) is 4.99 Å². The zero-order valence-corrected chi connectivity index (χ0v) is 11.1. The van der Waals surface area contributed by atoms with Crippen molar-refractivity contribution in [2.45, 2.75) is 0 Å². The van der Waals surface area contributed by atoms with E-state index >= 15 is 0 Å². The average molecular weight is 272 g/mol. The zero-order valence-electron chi connectivity index (χ0n) is 9.51. The Balaban J connectivity index is 2.00. The Morgan fingerprint density at radius 2 is 1.78 bits per heavy atom. The molecule has 0 radical (unpaired) electrons. The number of aliphatic imine (C=N–C) groups is 1. The summed E-state index contributed by atoms with van der Waals surface area (Å²) in [5.41, 5.74) is 1.94. The molecule has 1 aromatic heterocycles. The molecule has 0 spiro atoms. The van der Waals surface area contributed by atoms with Gasteiger partial charge in [0.15, 0.2) is 0 Å². The summed E-state index contributed by atoms with van der Waals surface area (Å²) in [7, 11) is 0. The molecule has 18 heavy (non-hydrogen) atoms. The number of hydrogen-bond donors (Lipinski definition) is 0. The van der Waals surface area contributed by atoms with Crippen LogP contribution < -0.4 is 0 Å². The number of rotatable bonds is 2. The Hall–Kier alpha value is -1.64. The minimum absolute atomic E-state index is 0.723. The molecular formula is C15H10ClNS. The van der Waals surface area contributed by atoms with Gasteiger partial charge < -0.3 is 0 Å². The third-order valence-electron chi connectivity index (χ3n) is 2.71. The van der Waals surface area contributed by atoms with E-state index < -0.39 is 0 Å². The molecule has 0 aliphatic rings. The molecule has 0 aliphatic carbocycles. The highest BCUT2D eigenvalue weighted by Gasteiger charge is 2.01. The number of hydrogen-bond acceptors (Lipinski definition) is 2. The van der Waals surface area contributed by atoms with E-state index in [1.54, 1.807) is 11.3 Å². The van der Waals surface area contributed by atoms with Crippen LogP contribution in [0.5, 0.6) is 0 Å². The lowest BCUT2D eigenvalue weighted by Gasteiger charge is -1.96. The first kappa shape index (κ1) is 11.5. The quantitative estimate of drug-likeness (QED) is 0.561. The Morgan fingerprint density at radius 1 is 1.00 bits per heavy atom. The number of benzene rings is 2. The van der Waals surface area contributed by atoms with Gasteiger partial charge in [0.05, 0.1) is 5.69 Å². The van der Waals surface area contributed by atoms with Gasteiger partial charge in [-0.25, -0.2) is 0 Å². The molecule has 88 valence electrons. The Labute approximate surface area is 114 Å². The molecule has 3 heteroatoms. The summed E-state index contributed by atoms with van der Waals surface area (Å²) in [4.78, 5) is 4.53. The predicted molar refractivity (Wildman–Crippen MR) is 80.5 cm³/mol. The molecule has 2 aromatic carbocycles. The van der Waals surface area contributed by atoms with Crippen LogP contribution >= 0.6 is 22.9 Å². The van der Waals surface area contributed by atoms with Crippen LogP contribution in [0.25, 0.3) is 10.1 Å². The second-order valence-electron chi connectivity index (χ2n) is 3.90. The van der Waals surface area contributed by atoms with Crippen molar-refractivity contribution in [1.29, 1.82) is 0 Å². The molecule has 1 heterocycles. The van der Waals surface area contributed by atoms with Crippen LogP contribution in [0.4, 0.5) is 5.69 Å². The highest BCUT2D eigenvalue weighted by molar-refractivity contribution is 7.17. The minimum Gasteiger partial charge on any atom is -0.255 e. The average Bonchev–Trinajstić information content (AvgIpc) is 2.81. The molecule has 0 amide bonds. The van der Waals surface area contributed by atoms with E-state index in [-0.39, 0.29) is 0 Å². The molecule has 0 atom stereocenters. The van der Waals surface area contributed by atoms with Crippen molar-refractivity contribution in [3.8, 4) is 0 Å². The molecule has 0 saturated carbocycles. The van der Waals surface area contributed by atoms with E-state index in [9.17, 15) is 0 Å². The number of nitrogens with zero attached hydrogens (tertiary/aromatic N) is 1. The lowest BCUT2D eigenvalue weighted by molar-refractivity contribution is 1.59. The molecular weight excluding hydrogens is 262 g/mol. The van der Waals surface area contributed by atoms with Crippen LogP contribution in [0.15, 0.2) is 58.9 Å². The number of thiophene rings is 1. The van der Waals surface area contributed by atoms with Crippen molar-refractivity contribution in [3.63, 3.8) is 0 Å². The van der Waals surface area contributed by atoms with Gasteiger partial charge in [0.1, 0.15) is 0 Å². The van der Waals surface area contributed by atoms with Gasteiger partial charge in [0.2, 0.25) is 0 Å². The molecule has 0 fully saturated rings. The largest absolute Gasteiger partial charge is 0.255 e. The summed E-state index contributed by atoms with van der Waals surface area (Å²) in [6.45, 7) is 0. The molecule has 3 aromatic rings. The van der Waals surface area contributed by atoms with E-state index in [2.05, 4.69) is 22.5 Å². The van der Waals surface area contributed by atoms with Crippen LogP contribution in [0.3, 0.4) is 0 Å². The van der Waals surface area contributed by atoms with E-state index in [0.29, 0.717) is 0 Å². The Kier molecular flexibility index (Phi) is 3.13. The van der Waals surface area contributed by atoms with Gasteiger partial charge in [0.25, 0.3) is 0 Å². The van der Waals surface area contributed by atoms with Crippen molar-refractivity contribution in [3.05, 3.63) is 64.5 Å². The van der Waals surface area contributed by atoms with Crippen molar-refractivity contribution in [2.75, 3.05) is 0 Å². The second-order valence-corrected chi connectivity index (χ2v) is 5.22. The zero-order chi connectivity index (χ0) is 12.4. The van der Waals surface area contributed by atoms with Crippen molar-refractivity contribution >= 4 is 44.9 Å². The maximum atomic E-state index is 6.09. The van der Waals surface area contributed by atoms with E-state index in [1.165, 1.54) is 10.1 Å². The second kappa shape index (κ2) is 4.92. The van der Waals surface area contributed by atoms with Gasteiger partial charge in [-0.1, -0.05) is 48.0 Å². The predicted octanol–water partition coefficient (Wildman–Crippen LogP) is 5.31. The summed E-state index contributed by atoms with van der Waals surface area (Å²) in [6, 6.07) is 16.0. The fraction of sp³-hybridized carbons (Fsp3) is 0. The topological polar surface area (TPSA) is 12.4 Å². The van der Waals surface area contributed by atoms with Crippen LogP contribution in [0.1, 0.15) is 5.56 Å². The molecule has 0 aliphatic heterocycles. The highest BCUT2D eigenvalue weighted by Crippen LogP contribution is 2.32. The van der Waals surface area contributed by atoms with Gasteiger partial charge >= 0.3 is 0 Å². The summed E-state index contributed by atoms with van der Waals surface area (Å²) < 4.78 is 1.25. The highest BCUT2D eigenvalue weighted by atomic mass is 35.5. The van der Waals surface area contributed by atoms with Crippen molar-refractivity contribution in [2.24, 2.45) is 4.99 Å². The first-order valence-electron chi connectivity index (χ1n) is 5.59. The summed E-state index contributed by atoms with van der Waals surface area (Å²) in [6.07, 6.45) is 1.82. The first-order valence-corrected chi connectivity index (χ1v) is 6.85. The Bertz CT molecular complexity index is 715. The van der Waals surface area contributed by atoms with Crippen molar-refractivity contribution in [1.82, 2.24) is 0 Å². The molecule has 0 N–H and O–H groups in total. The van der Waals surface area contributed by atoms with Gasteiger partial charge in [-0.15, -0.1) is 11.3 Å². The van der Waals surface area contributed by atoms with E-state index in [0.717, 1.165) is 16.3 Å². The lowest BCUT2D eigenvalue weighted by Crippen LogP contribution is -1.80. The molecule has 0 saturated heterocycles. The lowest BCUT2D eigenvalue weighted by atomic mass is 10.2. The van der Waals surface area contributed by atoms with Crippen molar-refractivity contribution < 1.29 is 0 Å². The fourth-order valence-corrected chi connectivity index (χ4v) is 2.85. The molecule has 1 nitrogen and oxygen atoms in total. The third-order valence-corrected chi connectivity index (χ3v) is 4.00. The van der Waals surface area contributed by atoms with Crippen LogP contribution in [-0.4, -0.2) is 6.21 Å². The normalized spacial score (nSPS) is 11.4. The van der Waals surface area contributed by atoms with Gasteiger partial charge in [-0.05, 0) is 12.1 Å². The number of halogens is 1. The first-order chi connectivity index (χ1) is 8.84. The smallest absolute Gasteiger partial charge is 0.0815 e. The summed E-state index contributed by atoms with van der Waals surface area (Å²) in [5.74, 6) is 0. The van der Waals surface area contributed by atoms with E-state index in [1.807, 2.05) is 42.6 Å². The SMILES string of the molecule is Clc1ccccc1C=Nc1csc2ccccc12. The maximum absolute atomic E-state index is 6.09. The molecule has 0 bridgehead atoms. The number of fused-ring (bicyclic) bond motifs is 1. The standard InChI is InChI=1S/C15H10ClNS/c16-13-7-3-1-5-11(13)9-17-14-10-18-15-8-4-2-6-12(14)15/h1-10H. The van der Waals surface area contributed by atoms with Crippen LogP contribution in [0.2, 0.25) is 5.02 Å². The maximum Gasteiger partial charge on any atom is 0.0815 e. The van der Waals surface area contributed by atoms with Gasteiger partial charge in [-0.2, -0.15) is 0 Å². The van der Waals surface area contributed by atoms with E-state index in [4.69, 9.17) is 11.6 Å². The summed E-state index contributed by atoms with van der Waals surface area (Å²) in [5, 5.41) is 3.98. The van der Waals surface area contributed by atoms with Crippen LogP contribution in [0, 0.1) is 0 Å². The van der Waals surface area contributed by atoms with Gasteiger partial charge in [0, 0.05) is 32.3 Å². The fourth-order valence-electron chi connectivity index (χ4n) is 1.78. The van der Waals surface area contributed by atoms with Crippen LogP contribution in [-0.2, 0) is 0 Å². The molecule has 0 unspecified atom stereocenters. The third kappa shape index (κ3) is 2.17.